The Bertz CT molecular complexity index is 415. The Hall–Kier alpha value is -1.52. The molecule has 0 aliphatic heterocycles. The van der Waals surface area contributed by atoms with Crippen molar-refractivity contribution < 1.29 is 4.52 Å². The van der Waals surface area contributed by atoms with E-state index in [0.717, 1.165) is 24.0 Å². The maximum Gasteiger partial charge on any atom is 0.192 e. The van der Waals surface area contributed by atoms with Crippen molar-refractivity contribution in [3.05, 3.63) is 17.5 Å². The number of nitrogens with one attached hydrogen (secondary N) is 2. The van der Waals surface area contributed by atoms with Crippen LogP contribution in [0.25, 0.3) is 0 Å². The van der Waals surface area contributed by atoms with Crippen molar-refractivity contribution in [3.8, 4) is 0 Å². The quantitative estimate of drug-likeness (QED) is 0.649. The molecule has 0 fully saturated rings. The van der Waals surface area contributed by atoms with Crippen LogP contribution >= 0.6 is 0 Å². The van der Waals surface area contributed by atoms with Crippen molar-refractivity contribution in [1.82, 2.24) is 15.8 Å². The number of aromatic nitrogens is 1. The lowest BCUT2D eigenvalue weighted by atomic mass is 10.1. The van der Waals surface area contributed by atoms with Crippen LogP contribution in [0.15, 0.2) is 15.6 Å². The van der Waals surface area contributed by atoms with Gasteiger partial charge in [0.05, 0.1) is 5.69 Å². The maximum atomic E-state index is 5.27. The van der Waals surface area contributed by atoms with Crippen LogP contribution in [0.2, 0.25) is 0 Å². The molecule has 108 valence electrons. The van der Waals surface area contributed by atoms with Gasteiger partial charge in [-0.2, -0.15) is 0 Å². The van der Waals surface area contributed by atoms with E-state index in [1.54, 1.807) is 0 Å². The summed E-state index contributed by atoms with van der Waals surface area (Å²) in [6, 6.07) is 1.97. The molecule has 1 heterocycles. The molecule has 1 rings (SSSR count). The van der Waals surface area contributed by atoms with Crippen LogP contribution in [-0.2, 0) is 6.54 Å². The van der Waals surface area contributed by atoms with Crippen LogP contribution in [0.3, 0.4) is 0 Å². The molecule has 5 heteroatoms. The van der Waals surface area contributed by atoms with E-state index in [2.05, 4.69) is 55.4 Å². The van der Waals surface area contributed by atoms with Crippen molar-refractivity contribution in [1.29, 1.82) is 0 Å². The number of guanidine groups is 1. The van der Waals surface area contributed by atoms with E-state index < -0.39 is 0 Å². The van der Waals surface area contributed by atoms with Gasteiger partial charge in [-0.15, -0.1) is 0 Å². The van der Waals surface area contributed by atoms with Gasteiger partial charge in [0.2, 0.25) is 0 Å². The van der Waals surface area contributed by atoms with Crippen LogP contribution in [0.1, 0.15) is 58.9 Å². The largest absolute Gasteiger partial charge is 0.359 e. The number of nitrogens with zero attached hydrogens (tertiary/aromatic N) is 2. The van der Waals surface area contributed by atoms with E-state index in [1.807, 2.05) is 13.0 Å². The smallest absolute Gasteiger partial charge is 0.192 e. The van der Waals surface area contributed by atoms with Crippen LogP contribution in [0, 0.1) is 0 Å². The fourth-order valence-electron chi connectivity index (χ4n) is 1.49. The van der Waals surface area contributed by atoms with Gasteiger partial charge >= 0.3 is 0 Å². The molecule has 0 aliphatic rings. The zero-order valence-electron chi connectivity index (χ0n) is 12.9. The molecule has 0 aromatic carbocycles. The highest BCUT2D eigenvalue weighted by molar-refractivity contribution is 5.80. The molecule has 0 unspecified atom stereocenters. The Morgan fingerprint density at radius 3 is 2.58 bits per heavy atom. The molecule has 2 N–H and O–H groups in total. The zero-order chi connectivity index (χ0) is 14.5. The van der Waals surface area contributed by atoms with Gasteiger partial charge in [0, 0.05) is 18.2 Å². The normalized spacial score (nSPS) is 12.9. The fourth-order valence-corrected chi connectivity index (χ4v) is 1.49. The summed E-state index contributed by atoms with van der Waals surface area (Å²) in [5.74, 6) is 1.95. The first kappa shape index (κ1) is 15.5. The molecular weight excluding hydrogens is 240 g/mol. The number of hydrogen-bond acceptors (Lipinski definition) is 3. The average Bonchev–Trinajstić information content (AvgIpc) is 2.73. The molecule has 1 aromatic heterocycles. The lowest BCUT2D eigenvalue weighted by molar-refractivity contribution is 0.376. The molecule has 0 aliphatic carbocycles. The number of rotatable bonds is 4. The highest BCUT2D eigenvalue weighted by Crippen LogP contribution is 2.14. The van der Waals surface area contributed by atoms with E-state index in [-0.39, 0.29) is 5.54 Å². The number of aliphatic imine (C=N–C) groups is 1. The third kappa shape index (κ3) is 5.77. The van der Waals surface area contributed by atoms with Gasteiger partial charge in [-0.3, -0.25) is 0 Å². The standard InChI is InChI=1S/C14H26N4O/c1-7-15-13(17-14(4,5)6)16-9-11-8-12(10(2)3)18-19-11/h8,10H,7,9H2,1-6H3,(H2,15,16,17). The Balaban J connectivity index is 2.68. The third-order valence-corrected chi connectivity index (χ3v) is 2.40. The summed E-state index contributed by atoms with van der Waals surface area (Å²) in [4.78, 5) is 4.50. The van der Waals surface area contributed by atoms with Gasteiger partial charge in [0.15, 0.2) is 11.7 Å². The molecule has 0 saturated heterocycles. The van der Waals surface area contributed by atoms with Gasteiger partial charge in [-0.05, 0) is 33.6 Å². The molecule has 0 atom stereocenters. The molecule has 0 amide bonds. The third-order valence-electron chi connectivity index (χ3n) is 2.40. The lowest BCUT2D eigenvalue weighted by Crippen LogP contribution is -2.47. The summed E-state index contributed by atoms with van der Waals surface area (Å²) in [6.45, 7) is 13.9. The van der Waals surface area contributed by atoms with Crippen molar-refractivity contribution in [2.75, 3.05) is 6.54 Å². The molecular formula is C14H26N4O. The summed E-state index contributed by atoms with van der Waals surface area (Å²) in [6.07, 6.45) is 0. The lowest BCUT2D eigenvalue weighted by Gasteiger charge is -2.23. The molecule has 19 heavy (non-hydrogen) atoms. The van der Waals surface area contributed by atoms with E-state index in [0.29, 0.717) is 12.5 Å². The first-order valence-corrected chi connectivity index (χ1v) is 6.84. The minimum Gasteiger partial charge on any atom is -0.359 e. The molecule has 0 saturated carbocycles. The molecule has 0 spiro atoms. The second-order valence-corrected chi connectivity index (χ2v) is 5.94. The second-order valence-electron chi connectivity index (χ2n) is 5.94. The van der Waals surface area contributed by atoms with Gasteiger partial charge < -0.3 is 15.2 Å². The maximum absolute atomic E-state index is 5.27. The van der Waals surface area contributed by atoms with E-state index in [1.165, 1.54) is 0 Å². The molecule has 0 radical (unpaired) electrons. The van der Waals surface area contributed by atoms with E-state index in [4.69, 9.17) is 4.52 Å². The Morgan fingerprint density at radius 2 is 2.11 bits per heavy atom. The van der Waals surface area contributed by atoms with Crippen LogP contribution in [-0.4, -0.2) is 23.2 Å². The van der Waals surface area contributed by atoms with Crippen LogP contribution in [0.5, 0.6) is 0 Å². The van der Waals surface area contributed by atoms with Gasteiger partial charge in [0.1, 0.15) is 6.54 Å². The zero-order valence-corrected chi connectivity index (χ0v) is 12.9. The monoisotopic (exact) mass is 266 g/mol. The van der Waals surface area contributed by atoms with Crippen LogP contribution < -0.4 is 10.6 Å². The predicted octanol–water partition coefficient (Wildman–Crippen LogP) is 2.65. The Morgan fingerprint density at radius 1 is 1.42 bits per heavy atom. The predicted molar refractivity (Wildman–Crippen MR) is 78.3 cm³/mol. The average molecular weight is 266 g/mol. The summed E-state index contributed by atoms with van der Waals surface area (Å²) in [7, 11) is 0. The summed E-state index contributed by atoms with van der Waals surface area (Å²) in [5.41, 5.74) is 0.949. The first-order chi connectivity index (χ1) is 8.81. The molecule has 5 nitrogen and oxygen atoms in total. The number of hydrogen-bond donors (Lipinski definition) is 2. The SMILES string of the molecule is CCNC(=NCc1cc(C(C)C)no1)NC(C)(C)C. The second kappa shape index (κ2) is 6.59. The summed E-state index contributed by atoms with van der Waals surface area (Å²) in [5, 5.41) is 10.6. The van der Waals surface area contributed by atoms with E-state index in [9.17, 15) is 0 Å². The first-order valence-electron chi connectivity index (χ1n) is 6.84. The molecule has 1 aromatic rings. The highest BCUT2D eigenvalue weighted by Gasteiger charge is 2.12. The van der Waals surface area contributed by atoms with Crippen molar-refractivity contribution >= 4 is 5.96 Å². The van der Waals surface area contributed by atoms with Gasteiger partial charge in [0.25, 0.3) is 0 Å². The Kier molecular flexibility index (Phi) is 5.39. The van der Waals surface area contributed by atoms with Gasteiger partial charge in [-0.25, -0.2) is 4.99 Å². The topological polar surface area (TPSA) is 62.5 Å². The minimum absolute atomic E-state index is 0.0223. The van der Waals surface area contributed by atoms with E-state index >= 15 is 0 Å². The minimum atomic E-state index is -0.0223. The van der Waals surface area contributed by atoms with Crippen molar-refractivity contribution in [3.63, 3.8) is 0 Å². The Labute approximate surface area is 115 Å². The van der Waals surface area contributed by atoms with Crippen molar-refractivity contribution in [2.24, 2.45) is 4.99 Å². The highest BCUT2D eigenvalue weighted by atomic mass is 16.5. The van der Waals surface area contributed by atoms with Crippen molar-refractivity contribution in [2.45, 2.75) is 59.5 Å². The van der Waals surface area contributed by atoms with Gasteiger partial charge in [-0.1, -0.05) is 19.0 Å². The summed E-state index contributed by atoms with van der Waals surface area (Å²) < 4.78 is 5.27. The summed E-state index contributed by atoms with van der Waals surface area (Å²) >= 11 is 0. The molecule has 0 bridgehead atoms. The van der Waals surface area contributed by atoms with Crippen LogP contribution in [0.4, 0.5) is 0 Å². The fraction of sp³-hybridized carbons (Fsp3) is 0.714.